The fourth-order valence-electron chi connectivity index (χ4n) is 13.1. The van der Waals surface area contributed by atoms with Gasteiger partial charge in [-0.3, -0.25) is 9.13 Å². The van der Waals surface area contributed by atoms with Crippen LogP contribution in [0.4, 0.5) is 17.1 Å². The summed E-state index contributed by atoms with van der Waals surface area (Å²) < 4.78 is 11.2. The van der Waals surface area contributed by atoms with Gasteiger partial charge < -0.3 is 9.32 Å². The second-order valence-electron chi connectivity index (χ2n) is 22.5. The minimum Gasteiger partial charge on any atom is -0.456 e. The molecule has 0 bridgehead atoms. The number of aromatic nitrogens is 7. The normalized spacial score (nSPS) is 12.9. The molecule has 85 heavy (non-hydrogen) atoms. The molecule has 17 rings (SSSR count). The van der Waals surface area contributed by atoms with Gasteiger partial charge in [-0.1, -0.05) is 202 Å². The molecule has 0 amide bonds. The van der Waals surface area contributed by atoms with E-state index >= 15 is 0 Å². The molecule has 0 saturated carbocycles. The summed E-state index contributed by atoms with van der Waals surface area (Å²) >= 11 is 0. The van der Waals surface area contributed by atoms with E-state index in [4.69, 9.17) is 29.3 Å². The summed E-state index contributed by atoms with van der Waals surface area (Å²) in [6, 6.07) is 93.7. The topological polar surface area (TPSA) is 90.7 Å². The van der Waals surface area contributed by atoms with Crippen molar-refractivity contribution >= 4 is 82.6 Å². The van der Waals surface area contributed by atoms with Gasteiger partial charge in [0, 0.05) is 71.7 Å². The van der Waals surface area contributed by atoms with Crippen molar-refractivity contribution in [3.8, 4) is 68.3 Å². The van der Waals surface area contributed by atoms with Crippen molar-refractivity contribution in [2.75, 3.05) is 4.90 Å². The number of hydrogen-bond acceptors (Lipinski definition) is 7. The Morgan fingerprint density at radius 2 is 0.824 bits per heavy atom. The lowest BCUT2D eigenvalue weighted by Crippen LogP contribution is -2.30. The third-order valence-corrected chi connectivity index (χ3v) is 17.2. The maximum atomic E-state index is 6.78. The van der Waals surface area contributed by atoms with Crippen LogP contribution in [-0.2, 0) is 5.41 Å². The lowest BCUT2D eigenvalue weighted by atomic mass is 9.73. The van der Waals surface area contributed by atoms with Gasteiger partial charge in [-0.05, 0) is 95.1 Å². The highest BCUT2D eigenvalue weighted by atomic mass is 16.3. The summed E-state index contributed by atoms with van der Waals surface area (Å²) in [5, 5.41) is 6.46. The molecule has 6 heterocycles. The van der Waals surface area contributed by atoms with Gasteiger partial charge in [-0.2, -0.15) is 9.97 Å². The Balaban J connectivity index is 0.805. The molecule has 9 nitrogen and oxygen atoms in total. The zero-order valence-electron chi connectivity index (χ0n) is 46.4. The predicted molar refractivity (Wildman–Crippen MR) is 345 cm³/mol. The van der Waals surface area contributed by atoms with Crippen molar-refractivity contribution in [2.45, 2.75) is 19.3 Å². The standard InChI is InChI=1S/C76H50N8O/c1-76(2)60-34-17-20-37-66(60)82(53-30-13-6-14-31-53)69-43-57-55-33-16-19-36-65(55)83(67(57)44-61(69)76)75-80-72(49-26-11-5-12-27-49)79-73(81-75)52-29-21-28-50(40-52)51-38-39-70-58(41-51)59-42-56-54-32-15-18-35-64(54)84(68(56)46-71(59)85-70)74-77-62(47-22-7-3-8-23-47)45-63(78-74)48-24-9-4-10-25-48/h3-46H,1-2H3. The fraction of sp³-hybridized carbons (Fsp3) is 0.0395. The van der Waals surface area contributed by atoms with Gasteiger partial charge in [-0.25, -0.2) is 15.0 Å². The monoisotopic (exact) mass is 1090 g/mol. The first kappa shape index (κ1) is 48.4. The second-order valence-corrected chi connectivity index (χ2v) is 22.5. The van der Waals surface area contributed by atoms with Crippen LogP contribution in [0.2, 0.25) is 0 Å². The summed E-state index contributed by atoms with van der Waals surface area (Å²) in [5.74, 6) is 2.29. The van der Waals surface area contributed by atoms with Crippen LogP contribution in [0.25, 0.3) is 134 Å². The molecule has 0 N–H and O–H groups in total. The van der Waals surface area contributed by atoms with E-state index in [1.54, 1.807) is 0 Å². The van der Waals surface area contributed by atoms with E-state index in [9.17, 15) is 0 Å². The van der Waals surface area contributed by atoms with Crippen molar-refractivity contribution in [2.24, 2.45) is 0 Å². The molecule has 0 atom stereocenters. The maximum Gasteiger partial charge on any atom is 0.238 e. The van der Waals surface area contributed by atoms with E-state index < -0.39 is 0 Å². The van der Waals surface area contributed by atoms with Crippen LogP contribution in [-0.4, -0.2) is 34.1 Å². The molecule has 1 aliphatic rings. The molecule has 1 aliphatic heterocycles. The highest BCUT2D eigenvalue weighted by Crippen LogP contribution is 2.54. The Labute approximate surface area is 489 Å². The first-order valence-corrected chi connectivity index (χ1v) is 28.7. The Bertz CT molecular complexity index is 5280. The zero-order chi connectivity index (χ0) is 56.3. The van der Waals surface area contributed by atoms with Crippen LogP contribution in [0.3, 0.4) is 0 Å². The van der Waals surface area contributed by atoms with Crippen molar-refractivity contribution in [1.82, 2.24) is 34.1 Å². The molecule has 0 fully saturated rings. The van der Waals surface area contributed by atoms with E-state index in [0.29, 0.717) is 23.5 Å². The molecule has 400 valence electrons. The molecule has 9 heteroatoms. The zero-order valence-corrected chi connectivity index (χ0v) is 46.4. The predicted octanol–water partition coefficient (Wildman–Crippen LogP) is 19.2. The average Bonchev–Trinajstić information content (AvgIpc) is 2.61. The molecule has 16 aromatic rings. The minimum atomic E-state index is -0.329. The van der Waals surface area contributed by atoms with Gasteiger partial charge in [0.15, 0.2) is 11.6 Å². The number of nitrogens with zero attached hydrogens (tertiary/aromatic N) is 8. The number of hydrogen-bond donors (Lipinski definition) is 0. The quantitative estimate of drug-likeness (QED) is 0.150. The number of fused-ring (bicyclic) bond motifs is 11. The van der Waals surface area contributed by atoms with Crippen LogP contribution in [0, 0.1) is 0 Å². The molecule has 5 aromatic heterocycles. The van der Waals surface area contributed by atoms with Crippen LogP contribution >= 0.6 is 0 Å². The minimum absolute atomic E-state index is 0.329. The third-order valence-electron chi connectivity index (χ3n) is 17.2. The van der Waals surface area contributed by atoms with Crippen LogP contribution in [0.5, 0.6) is 0 Å². The lowest BCUT2D eigenvalue weighted by Gasteiger charge is -2.42. The first-order chi connectivity index (χ1) is 41.9. The fourth-order valence-corrected chi connectivity index (χ4v) is 13.1. The van der Waals surface area contributed by atoms with E-state index in [1.165, 1.54) is 16.8 Å². The van der Waals surface area contributed by atoms with Gasteiger partial charge in [0.05, 0.1) is 44.8 Å². The van der Waals surface area contributed by atoms with E-state index in [0.717, 1.165) is 122 Å². The number of furan rings is 1. The van der Waals surface area contributed by atoms with Gasteiger partial charge in [0.25, 0.3) is 0 Å². The van der Waals surface area contributed by atoms with Crippen LogP contribution in [0.1, 0.15) is 25.0 Å². The number of para-hydroxylation sites is 4. The molecule has 0 aliphatic carbocycles. The van der Waals surface area contributed by atoms with Crippen molar-refractivity contribution < 1.29 is 4.42 Å². The van der Waals surface area contributed by atoms with E-state index in [2.05, 4.69) is 240 Å². The summed E-state index contributed by atoms with van der Waals surface area (Å²) in [6.45, 7) is 4.67. The number of benzene rings is 11. The summed E-state index contributed by atoms with van der Waals surface area (Å²) in [5.41, 5.74) is 18.7. The Morgan fingerprint density at radius 1 is 0.306 bits per heavy atom. The highest BCUT2D eigenvalue weighted by molar-refractivity contribution is 6.18. The molecule has 0 saturated heterocycles. The largest absolute Gasteiger partial charge is 0.456 e. The molecule has 11 aromatic carbocycles. The van der Waals surface area contributed by atoms with Gasteiger partial charge >= 0.3 is 0 Å². The van der Waals surface area contributed by atoms with E-state index in [1.807, 2.05) is 54.6 Å². The molecular weight excluding hydrogens is 1040 g/mol. The lowest BCUT2D eigenvalue weighted by molar-refractivity contribution is 0.632. The molecule has 0 unspecified atom stereocenters. The van der Waals surface area contributed by atoms with Crippen molar-refractivity contribution in [1.29, 1.82) is 0 Å². The average molecular weight is 1090 g/mol. The van der Waals surface area contributed by atoms with Crippen LogP contribution < -0.4 is 4.90 Å². The Morgan fingerprint density at radius 3 is 1.51 bits per heavy atom. The Hall–Kier alpha value is -11.3. The molecular formula is C76H50N8O. The van der Waals surface area contributed by atoms with Crippen molar-refractivity contribution in [3.63, 3.8) is 0 Å². The molecule has 0 spiro atoms. The van der Waals surface area contributed by atoms with Crippen LogP contribution in [0.15, 0.2) is 271 Å². The Kier molecular flexibility index (Phi) is 10.8. The number of anilines is 3. The summed E-state index contributed by atoms with van der Waals surface area (Å²) in [4.78, 5) is 29.1. The second kappa shape index (κ2) is 18.9. The molecule has 0 radical (unpaired) electrons. The van der Waals surface area contributed by atoms with Gasteiger partial charge in [0.1, 0.15) is 11.2 Å². The first-order valence-electron chi connectivity index (χ1n) is 28.7. The van der Waals surface area contributed by atoms with Crippen molar-refractivity contribution in [3.05, 3.63) is 278 Å². The highest BCUT2D eigenvalue weighted by Gasteiger charge is 2.38. The summed E-state index contributed by atoms with van der Waals surface area (Å²) in [7, 11) is 0. The SMILES string of the molecule is CC1(C)c2ccccc2N(c2ccccc2)c2cc3c4ccccc4n(-c4nc(-c5ccccc5)nc(-c5cccc(-c6ccc7oc8cc9c(cc8c7c6)c6ccccc6n9-c6nc(-c7ccccc7)cc(-c7ccccc7)n6)c5)n4)c3cc21. The maximum absolute atomic E-state index is 6.78. The third kappa shape index (κ3) is 7.74. The summed E-state index contributed by atoms with van der Waals surface area (Å²) in [6.07, 6.45) is 0. The number of rotatable bonds is 8. The van der Waals surface area contributed by atoms with Gasteiger partial charge in [0.2, 0.25) is 11.9 Å². The van der Waals surface area contributed by atoms with E-state index in [-0.39, 0.29) is 5.41 Å². The van der Waals surface area contributed by atoms with Gasteiger partial charge in [-0.15, -0.1) is 0 Å². The smallest absolute Gasteiger partial charge is 0.238 e.